The molecule has 23 heavy (non-hydrogen) atoms. The lowest BCUT2D eigenvalue weighted by Crippen LogP contribution is -2.29. The Hall–Kier alpha value is -2.89. The highest BCUT2D eigenvalue weighted by atomic mass is 16.5. The molecule has 0 unspecified atom stereocenters. The van der Waals surface area contributed by atoms with Crippen LogP contribution in [-0.2, 0) is 11.3 Å². The Kier molecular flexibility index (Phi) is 5.68. The van der Waals surface area contributed by atoms with Crippen LogP contribution in [0, 0.1) is 0 Å². The van der Waals surface area contributed by atoms with Crippen LogP contribution in [-0.4, -0.2) is 22.8 Å². The summed E-state index contributed by atoms with van der Waals surface area (Å²) in [6.07, 6.45) is 1.56. The third-order valence-electron chi connectivity index (χ3n) is 3.14. The predicted octanol–water partition coefficient (Wildman–Crippen LogP) is 1.79. The van der Waals surface area contributed by atoms with E-state index in [1.807, 2.05) is 31.2 Å². The van der Waals surface area contributed by atoms with Crippen LogP contribution in [0.15, 0.2) is 58.6 Å². The highest BCUT2D eigenvalue weighted by Gasteiger charge is 2.04. The van der Waals surface area contributed by atoms with Crippen molar-refractivity contribution in [3.8, 4) is 5.75 Å². The van der Waals surface area contributed by atoms with Crippen LogP contribution in [0.3, 0.4) is 0 Å². The molecule has 1 heterocycles. The molecule has 1 aromatic carbocycles. The number of hydrogen-bond acceptors (Lipinski definition) is 4. The number of pyridine rings is 1. The van der Waals surface area contributed by atoms with Crippen LogP contribution < -0.4 is 15.7 Å². The van der Waals surface area contributed by atoms with Gasteiger partial charge in [-0.1, -0.05) is 6.07 Å². The topological polar surface area (TPSA) is 72.7 Å². The molecule has 1 amide bonds. The first-order chi connectivity index (χ1) is 11.1. The number of hydrazone groups is 1. The van der Waals surface area contributed by atoms with Crippen LogP contribution in [0.4, 0.5) is 0 Å². The summed E-state index contributed by atoms with van der Waals surface area (Å²) in [5, 5.41) is 4.06. The normalized spacial score (nSPS) is 11.1. The molecule has 0 spiro atoms. The van der Waals surface area contributed by atoms with Crippen molar-refractivity contribution in [3.63, 3.8) is 0 Å². The van der Waals surface area contributed by atoms with Crippen molar-refractivity contribution in [2.24, 2.45) is 5.10 Å². The number of amides is 1. The summed E-state index contributed by atoms with van der Waals surface area (Å²) in [4.78, 5) is 23.4. The summed E-state index contributed by atoms with van der Waals surface area (Å²) < 4.78 is 6.69. The highest BCUT2D eigenvalue weighted by Crippen LogP contribution is 2.12. The molecule has 1 N–H and O–H groups in total. The zero-order valence-corrected chi connectivity index (χ0v) is 13.2. The third kappa shape index (κ3) is 4.81. The average Bonchev–Trinajstić information content (AvgIpc) is 2.56. The Balaban J connectivity index is 1.97. The van der Waals surface area contributed by atoms with Crippen LogP contribution in [0.5, 0.6) is 5.75 Å². The maximum absolute atomic E-state index is 11.8. The molecule has 0 saturated heterocycles. The SMILES string of the molecule is CCOc1ccc(/C(C)=N\NC(=O)Cn2ccccc2=O)cc1. The van der Waals surface area contributed by atoms with Crippen molar-refractivity contribution in [1.82, 2.24) is 9.99 Å². The lowest BCUT2D eigenvalue weighted by molar-refractivity contribution is -0.121. The van der Waals surface area contributed by atoms with Gasteiger partial charge in [-0.15, -0.1) is 0 Å². The fraction of sp³-hybridized carbons (Fsp3) is 0.235. The number of ether oxygens (including phenoxy) is 1. The minimum absolute atomic E-state index is 0.0697. The number of nitrogens with zero attached hydrogens (tertiary/aromatic N) is 2. The van der Waals surface area contributed by atoms with E-state index in [0.717, 1.165) is 11.3 Å². The third-order valence-corrected chi connectivity index (χ3v) is 3.14. The van der Waals surface area contributed by atoms with E-state index < -0.39 is 0 Å². The second-order valence-electron chi connectivity index (χ2n) is 4.86. The van der Waals surface area contributed by atoms with Crippen molar-refractivity contribution in [3.05, 3.63) is 64.6 Å². The highest BCUT2D eigenvalue weighted by molar-refractivity contribution is 5.99. The van der Waals surface area contributed by atoms with Crippen molar-refractivity contribution in [1.29, 1.82) is 0 Å². The molecule has 2 aromatic rings. The first kappa shape index (κ1) is 16.5. The van der Waals surface area contributed by atoms with Gasteiger partial charge in [0.1, 0.15) is 12.3 Å². The zero-order valence-electron chi connectivity index (χ0n) is 13.2. The zero-order chi connectivity index (χ0) is 16.7. The minimum Gasteiger partial charge on any atom is -0.494 e. The van der Waals surface area contributed by atoms with E-state index in [9.17, 15) is 9.59 Å². The Bertz CT molecular complexity index is 748. The fourth-order valence-electron chi connectivity index (χ4n) is 1.95. The van der Waals surface area contributed by atoms with Gasteiger partial charge in [0, 0.05) is 12.3 Å². The van der Waals surface area contributed by atoms with Gasteiger partial charge in [-0.05, 0) is 49.7 Å². The molecule has 0 saturated carbocycles. The van der Waals surface area contributed by atoms with E-state index in [0.29, 0.717) is 12.3 Å². The number of benzene rings is 1. The lowest BCUT2D eigenvalue weighted by atomic mass is 10.1. The molecular formula is C17H19N3O3. The van der Waals surface area contributed by atoms with E-state index >= 15 is 0 Å². The fourth-order valence-corrected chi connectivity index (χ4v) is 1.95. The van der Waals surface area contributed by atoms with E-state index in [4.69, 9.17) is 4.74 Å². The number of aromatic nitrogens is 1. The summed E-state index contributed by atoms with van der Waals surface area (Å²) in [6.45, 7) is 4.26. The van der Waals surface area contributed by atoms with Gasteiger partial charge in [0.2, 0.25) is 0 Å². The maximum atomic E-state index is 11.8. The summed E-state index contributed by atoms with van der Waals surface area (Å²) in [6, 6.07) is 12.2. The van der Waals surface area contributed by atoms with E-state index in [-0.39, 0.29) is 18.0 Å². The molecule has 1 aromatic heterocycles. The number of rotatable bonds is 6. The summed E-state index contributed by atoms with van der Waals surface area (Å²) >= 11 is 0. The second kappa shape index (κ2) is 7.93. The standard InChI is InChI=1S/C17H19N3O3/c1-3-23-15-9-7-14(8-10-15)13(2)18-19-16(21)12-20-11-5-4-6-17(20)22/h4-11H,3,12H2,1-2H3,(H,19,21)/b18-13-. The number of nitrogens with one attached hydrogen (secondary N) is 1. The monoisotopic (exact) mass is 313 g/mol. The minimum atomic E-state index is -0.358. The van der Waals surface area contributed by atoms with Crippen LogP contribution in [0.2, 0.25) is 0 Å². The van der Waals surface area contributed by atoms with Crippen molar-refractivity contribution >= 4 is 11.6 Å². The first-order valence-corrected chi connectivity index (χ1v) is 7.32. The Labute approximate surface area is 134 Å². The van der Waals surface area contributed by atoms with E-state index in [1.165, 1.54) is 10.6 Å². The molecule has 2 rings (SSSR count). The largest absolute Gasteiger partial charge is 0.494 e. The van der Waals surface area contributed by atoms with Gasteiger partial charge in [0.25, 0.3) is 11.5 Å². The second-order valence-corrected chi connectivity index (χ2v) is 4.86. The summed E-state index contributed by atoms with van der Waals surface area (Å²) in [7, 11) is 0. The quantitative estimate of drug-likeness (QED) is 0.653. The van der Waals surface area contributed by atoms with Gasteiger partial charge in [-0.3, -0.25) is 9.59 Å². The van der Waals surface area contributed by atoms with Gasteiger partial charge in [0.15, 0.2) is 0 Å². The van der Waals surface area contributed by atoms with Crippen LogP contribution in [0.25, 0.3) is 0 Å². The van der Waals surface area contributed by atoms with E-state index in [2.05, 4.69) is 10.5 Å². The van der Waals surface area contributed by atoms with E-state index in [1.54, 1.807) is 25.3 Å². The van der Waals surface area contributed by atoms with Gasteiger partial charge in [0.05, 0.1) is 12.3 Å². The van der Waals surface area contributed by atoms with Gasteiger partial charge in [-0.25, -0.2) is 5.43 Å². The average molecular weight is 313 g/mol. The lowest BCUT2D eigenvalue weighted by Gasteiger charge is -2.06. The molecule has 0 radical (unpaired) electrons. The molecule has 6 nitrogen and oxygen atoms in total. The molecular weight excluding hydrogens is 294 g/mol. The Morgan fingerprint density at radius 1 is 1.22 bits per heavy atom. The number of carbonyl (C=O) groups is 1. The molecule has 0 bridgehead atoms. The Morgan fingerprint density at radius 3 is 2.61 bits per heavy atom. The Morgan fingerprint density at radius 2 is 1.96 bits per heavy atom. The number of hydrogen-bond donors (Lipinski definition) is 1. The van der Waals surface area contributed by atoms with Gasteiger partial charge >= 0.3 is 0 Å². The first-order valence-electron chi connectivity index (χ1n) is 7.32. The molecule has 6 heteroatoms. The number of carbonyl (C=O) groups excluding carboxylic acids is 1. The molecule has 0 aliphatic rings. The molecule has 0 aliphatic heterocycles. The van der Waals surface area contributed by atoms with Crippen LogP contribution >= 0.6 is 0 Å². The molecule has 0 fully saturated rings. The molecule has 0 atom stereocenters. The van der Waals surface area contributed by atoms with Crippen LogP contribution in [0.1, 0.15) is 19.4 Å². The molecule has 0 aliphatic carbocycles. The molecule has 120 valence electrons. The van der Waals surface area contributed by atoms with Gasteiger partial charge < -0.3 is 9.30 Å². The van der Waals surface area contributed by atoms with Gasteiger partial charge in [-0.2, -0.15) is 5.10 Å². The maximum Gasteiger partial charge on any atom is 0.260 e. The predicted molar refractivity (Wildman–Crippen MR) is 88.7 cm³/mol. The van der Waals surface area contributed by atoms with Crippen molar-refractivity contribution < 1.29 is 9.53 Å². The van der Waals surface area contributed by atoms with Crippen molar-refractivity contribution in [2.45, 2.75) is 20.4 Å². The van der Waals surface area contributed by atoms with Crippen molar-refractivity contribution in [2.75, 3.05) is 6.61 Å². The summed E-state index contributed by atoms with van der Waals surface area (Å²) in [5.74, 6) is 0.431. The summed E-state index contributed by atoms with van der Waals surface area (Å²) in [5.41, 5.74) is 3.78. The smallest absolute Gasteiger partial charge is 0.260 e.